The number of carbonyl (C=O) groups is 1. The first-order valence-electron chi connectivity index (χ1n) is 10.0. The summed E-state index contributed by atoms with van der Waals surface area (Å²) < 4.78 is 5.91. The lowest BCUT2D eigenvalue weighted by molar-refractivity contribution is 0.0285. The number of aliphatic hydroxyl groups is 2. The number of fused-ring (bicyclic) bond motifs is 2. The molecule has 4 rings (SSSR count). The van der Waals surface area contributed by atoms with Gasteiger partial charge in [0, 0.05) is 23.6 Å². The molecule has 1 aromatic rings. The van der Waals surface area contributed by atoms with Gasteiger partial charge in [0.05, 0.1) is 18.8 Å². The minimum Gasteiger partial charge on any atom is -0.493 e. The van der Waals surface area contributed by atoms with Crippen LogP contribution in [0, 0.1) is 5.92 Å². The lowest BCUT2D eigenvalue weighted by Crippen LogP contribution is -2.48. The molecule has 26 heavy (non-hydrogen) atoms. The van der Waals surface area contributed by atoms with E-state index in [2.05, 4.69) is 0 Å². The van der Waals surface area contributed by atoms with E-state index in [0.29, 0.717) is 30.8 Å². The Balaban J connectivity index is 1.42. The number of benzene rings is 1. The first-order valence-corrected chi connectivity index (χ1v) is 10.0. The van der Waals surface area contributed by atoms with Gasteiger partial charge in [0.1, 0.15) is 5.75 Å². The number of nitrogens with zero attached hydrogens (tertiary/aromatic N) is 1. The standard InChI is InChI=1S/C21H29NO4/c23-18-11-16-8-9-17(12-18)22(16)21(25)14-5-3-6-19(10-14)26-13-15-4-1-2-7-20(15)24/h3,5-6,10,15-18,20,23-24H,1-2,4,7-9,11-13H2. The number of hydrogen-bond donors (Lipinski definition) is 2. The molecule has 0 aromatic heterocycles. The van der Waals surface area contributed by atoms with Crippen molar-refractivity contribution < 1.29 is 19.7 Å². The summed E-state index contributed by atoms with van der Waals surface area (Å²) >= 11 is 0. The number of rotatable bonds is 4. The van der Waals surface area contributed by atoms with E-state index in [1.165, 1.54) is 0 Å². The Morgan fingerprint density at radius 2 is 1.81 bits per heavy atom. The van der Waals surface area contributed by atoms with Crippen molar-refractivity contribution in [2.75, 3.05) is 6.61 Å². The summed E-state index contributed by atoms with van der Waals surface area (Å²) in [6, 6.07) is 7.73. The molecule has 0 spiro atoms. The molecule has 2 bridgehead atoms. The molecule has 2 aliphatic heterocycles. The van der Waals surface area contributed by atoms with Gasteiger partial charge in [0.15, 0.2) is 0 Å². The second-order valence-corrected chi connectivity index (χ2v) is 8.17. The molecular formula is C21H29NO4. The highest BCUT2D eigenvalue weighted by atomic mass is 16.5. The largest absolute Gasteiger partial charge is 0.493 e. The maximum absolute atomic E-state index is 13.0. The van der Waals surface area contributed by atoms with Gasteiger partial charge < -0.3 is 19.8 Å². The SMILES string of the molecule is O=C(c1cccc(OCC2CCCCC2O)c1)N1C2CCC1CC(O)C2. The van der Waals surface area contributed by atoms with E-state index in [-0.39, 0.29) is 36.1 Å². The van der Waals surface area contributed by atoms with Gasteiger partial charge in [0.2, 0.25) is 0 Å². The zero-order chi connectivity index (χ0) is 18.1. The molecule has 2 saturated heterocycles. The Morgan fingerprint density at radius 1 is 1.08 bits per heavy atom. The predicted molar refractivity (Wildman–Crippen MR) is 98.1 cm³/mol. The summed E-state index contributed by atoms with van der Waals surface area (Å²) in [4.78, 5) is 15.0. The van der Waals surface area contributed by atoms with Crippen LogP contribution in [0.2, 0.25) is 0 Å². The van der Waals surface area contributed by atoms with Crippen LogP contribution in [0.5, 0.6) is 5.75 Å². The Labute approximate surface area is 155 Å². The van der Waals surface area contributed by atoms with E-state index in [1.807, 2.05) is 29.2 Å². The van der Waals surface area contributed by atoms with Crippen molar-refractivity contribution in [3.05, 3.63) is 29.8 Å². The first-order chi connectivity index (χ1) is 12.6. The summed E-state index contributed by atoms with van der Waals surface area (Å²) in [7, 11) is 0. The molecule has 142 valence electrons. The molecule has 5 heteroatoms. The Morgan fingerprint density at radius 3 is 2.54 bits per heavy atom. The molecule has 1 aliphatic carbocycles. The van der Waals surface area contributed by atoms with Crippen LogP contribution in [0.3, 0.4) is 0 Å². The maximum Gasteiger partial charge on any atom is 0.254 e. The quantitative estimate of drug-likeness (QED) is 0.867. The van der Waals surface area contributed by atoms with Crippen LogP contribution in [0.25, 0.3) is 0 Å². The molecule has 1 aromatic carbocycles. The van der Waals surface area contributed by atoms with E-state index < -0.39 is 0 Å². The normalized spacial score (nSPS) is 33.9. The fourth-order valence-corrected chi connectivity index (χ4v) is 4.93. The fourth-order valence-electron chi connectivity index (χ4n) is 4.93. The number of ether oxygens (including phenoxy) is 1. The topological polar surface area (TPSA) is 70.0 Å². The zero-order valence-corrected chi connectivity index (χ0v) is 15.2. The lowest BCUT2D eigenvalue weighted by Gasteiger charge is -2.37. The van der Waals surface area contributed by atoms with Crippen molar-refractivity contribution in [1.29, 1.82) is 0 Å². The first kappa shape index (κ1) is 17.8. The summed E-state index contributed by atoms with van der Waals surface area (Å²) in [6.45, 7) is 0.500. The monoisotopic (exact) mass is 359 g/mol. The second kappa shape index (κ2) is 7.57. The molecule has 3 fully saturated rings. The van der Waals surface area contributed by atoms with E-state index >= 15 is 0 Å². The van der Waals surface area contributed by atoms with Gasteiger partial charge in [0.25, 0.3) is 5.91 Å². The van der Waals surface area contributed by atoms with Crippen LogP contribution in [0.1, 0.15) is 61.7 Å². The summed E-state index contributed by atoms with van der Waals surface area (Å²) in [5, 5.41) is 20.0. The van der Waals surface area contributed by atoms with E-state index in [9.17, 15) is 15.0 Å². The van der Waals surface area contributed by atoms with Crippen LogP contribution >= 0.6 is 0 Å². The number of amides is 1. The van der Waals surface area contributed by atoms with Gasteiger partial charge in [-0.2, -0.15) is 0 Å². The molecule has 4 unspecified atom stereocenters. The van der Waals surface area contributed by atoms with Crippen LogP contribution in [0.4, 0.5) is 0 Å². The molecule has 4 atom stereocenters. The van der Waals surface area contributed by atoms with Gasteiger partial charge in [-0.3, -0.25) is 4.79 Å². The van der Waals surface area contributed by atoms with Gasteiger partial charge in [-0.15, -0.1) is 0 Å². The highest BCUT2D eigenvalue weighted by Crippen LogP contribution is 2.37. The highest BCUT2D eigenvalue weighted by molar-refractivity contribution is 5.95. The van der Waals surface area contributed by atoms with Crippen molar-refractivity contribution in [2.45, 2.75) is 75.7 Å². The minimum absolute atomic E-state index is 0.0487. The van der Waals surface area contributed by atoms with E-state index in [1.54, 1.807) is 0 Å². The average molecular weight is 359 g/mol. The van der Waals surface area contributed by atoms with Gasteiger partial charge >= 0.3 is 0 Å². The van der Waals surface area contributed by atoms with Gasteiger partial charge in [-0.1, -0.05) is 18.9 Å². The van der Waals surface area contributed by atoms with Crippen LogP contribution in [0.15, 0.2) is 24.3 Å². The smallest absolute Gasteiger partial charge is 0.254 e. The van der Waals surface area contributed by atoms with Crippen molar-refractivity contribution in [1.82, 2.24) is 4.90 Å². The number of carbonyl (C=O) groups excluding carboxylic acids is 1. The maximum atomic E-state index is 13.0. The Hall–Kier alpha value is -1.59. The number of hydrogen-bond acceptors (Lipinski definition) is 4. The molecule has 0 radical (unpaired) electrons. The third-order valence-corrected chi connectivity index (χ3v) is 6.36. The van der Waals surface area contributed by atoms with E-state index in [0.717, 1.165) is 38.5 Å². The van der Waals surface area contributed by atoms with Gasteiger partial charge in [-0.05, 0) is 56.7 Å². The van der Waals surface area contributed by atoms with Crippen molar-refractivity contribution in [3.63, 3.8) is 0 Å². The molecule has 1 saturated carbocycles. The fraction of sp³-hybridized carbons (Fsp3) is 0.667. The lowest BCUT2D eigenvalue weighted by atomic mass is 9.87. The highest BCUT2D eigenvalue weighted by Gasteiger charge is 2.42. The number of piperidine rings is 1. The Kier molecular flexibility index (Phi) is 5.18. The molecule has 5 nitrogen and oxygen atoms in total. The third kappa shape index (κ3) is 3.60. The van der Waals surface area contributed by atoms with Gasteiger partial charge in [-0.25, -0.2) is 0 Å². The zero-order valence-electron chi connectivity index (χ0n) is 15.2. The van der Waals surface area contributed by atoms with Crippen molar-refractivity contribution in [2.24, 2.45) is 5.92 Å². The van der Waals surface area contributed by atoms with Crippen LogP contribution in [-0.4, -0.2) is 51.9 Å². The predicted octanol–water partition coefficient (Wildman–Crippen LogP) is 2.74. The molecule has 1 amide bonds. The second-order valence-electron chi connectivity index (χ2n) is 8.17. The third-order valence-electron chi connectivity index (χ3n) is 6.36. The van der Waals surface area contributed by atoms with Crippen molar-refractivity contribution >= 4 is 5.91 Å². The average Bonchev–Trinajstić information content (AvgIpc) is 2.92. The van der Waals surface area contributed by atoms with Crippen molar-refractivity contribution in [3.8, 4) is 5.75 Å². The molecule has 2 N–H and O–H groups in total. The molecular weight excluding hydrogens is 330 g/mol. The summed E-state index contributed by atoms with van der Waals surface area (Å²) in [5.74, 6) is 0.924. The summed E-state index contributed by atoms with van der Waals surface area (Å²) in [5.41, 5.74) is 0.653. The van der Waals surface area contributed by atoms with Crippen LogP contribution < -0.4 is 4.74 Å². The molecule has 2 heterocycles. The molecule has 3 aliphatic rings. The summed E-state index contributed by atoms with van der Waals surface area (Å²) in [6.07, 6.45) is 6.91. The Bertz CT molecular complexity index is 635. The minimum atomic E-state index is -0.274. The van der Waals surface area contributed by atoms with Crippen LogP contribution in [-0.2, 0) is 0 Å². The van der Waals surface area contributed by atoms with E-state index in [4.69, 9.17) is 4.74 Å². The number of aliphatic hydroxyl groups excluding tert-OH is 2.